The first kappa shape index (κ1) is 15.2. The summed E-state index contributed by atoms with van der Waals surface area (Å²) in [6.07, 6.45) is 1.95. The third-order valence-corrected chi connectivity index (χ3v) is 3.70. The lowest BCUT2D eigenvalue weighted by Gasteiger charge is -2.15. The molecule has 0 saturated heterocycles. The molecule has 0 aliphatic heterocycles. The van der Waals surface area contributed by atoms with Gasteiger partial charge >= 0.3 is 5.97 Å². The smallest absolute Gasteiger partial charge is 0.335 e. The van der Waals surface area contributed by atoms with Crippen LogP contribution in [-0.4, -0.2) is 26.1 Å². The van der Waals surface area contributed by atoms with E-state index in [1.807, 2.05) is 0 Å². The number of nitrogens with zero attached hydrogens (tertiary/aromatic N) is 3. The van der Waals surface area contributed by atoms with Gasteiger partial charge in [-0.1, -0.05) is 19.1 Å². The first-order valence-corrected chi connectivity index (χ1v) is 7.10. The van der Waals surface area contributed by atoms with Gasteiger partial charge in [0.05, 0.1) is 16.9 Å². The maximum atomic E-state index is 10.9. The Labute approximate surface area is 123 Å². The Morgan fingerprint density at radius 1 is 1.29 bits per heavy atom. The van der Waals surface area contributed by atoms with Crippen LogP contribution in [0.2, 0.25) is 0 Å². The zero-order chi connectivity index (χ0) is 15.4. The highest BCUT2D eigenvalue weighted by Gasteiger charge is 2.20. The first-order chi connectivity index (χ1) is 10.1. The summed E-state index contributed by atoms with van der Waals surface area (Å²) in [6.45, 7) is 4.59. The van der Waals surface area contributed by atoms with Crippen LogP contribution < -0.4 is 5.73 Å². The highest BCUT2D eigenvalue weighted by atomic mass is 16.4. The van der Waals surface area contributed by atoms with Gasteiger partial charge in [-0.05, 0) is 37.1 Å². The van der Waals surface area contributed by atoms with E-state index in [1.54, 1.807) is 28.9 Å². The number of carboxylic acids is 1. The van der Waals surface area contributed by atoms with Gasteiger partial charge in [-0.25, -0.2) is 9.48 Å². The minimum Gasteiger partial charge on any atom is -0.478 e. The Balaban J connectivity index is 2.48. The van der Waals surface area contributed by atoms with Crippen molar-refractivity contribution in [1.29, 1.82) is 0 Å². The number of aromatic carboxylic acids is 1. The Morgan fingerprint density at radius 2 is 1.90 bits per heavy atom. The van der Waals surface area contributed by atoms with Crippen LogP contribution in [0.4, 0.5) is 0 Å². The molecule has 2 rings (SSSR count). The summed E-state index contributed by atoms with van der Waals surface area (Å²) >= 11 is 0. The van der Waals surface area contributed by atoms with Crippen molar-refractivity contribution in [3.05, 3.63) is 41.2 Å². The summed E-state index contributed by atoms with van der Waals surface area (Å²) in [4.78, 5) is 10.9. The van der Waals surface area contributed by atoms with Gasteiger partial charge in [0.25, 0.3) is 0 Å². The molecule has 0 atom stereocenters. The fourth-order valence-corrected chi connectivity index (χ4v) is 2.49. The van der Waals surface area contributed by atoms with Gasteiger partial charge < -0.3 is 10.8 Å². The lowest BCUT2D eigenvalue weighted by molar-refractivity contribution is 0.0697. The predicted molar refractivity (Wildman–Crippen MR) is 79.5 cm³/mol. The average molecular weight is 288 g/mol. The van der Waals surface area contributed by atoms with Crippen LogP contribution >= 0.6 is 0 Å². The van der Waals surface area contributed by atoms with E-state index in [4.69, 9.17) is 10.8 Å². The molecule has 1 aromatic carbocycles. The molecular weight excluding hydrogens is 268 g/mol. The number of rotatable bonds is 6. The van der Waals surface area contributed by atoms with Crippen molar-refractivity contribution < 1.29 is 9.90 Å². The Bertz CT molecular complexity index is 615. The average Bonchev–Trinajstić information content (AvgIpc) is 2.92. The number of benzene rings is 1. The summed E-state index contributed by atoms with van der Waals surface area (Å²) in [5.41, 5.74) is 8.63. The van der Waals surface area contributed by atoms with E-state index in [-0.39, 0.29) is 5.56 Å². The molecule has 6 nitrogen and oxygen atoms in total. The van der Waals surface area contributed by atoms with E-state index in [0.29, 0.717) is 12.5 Å². The van der Waals surface area contributed by atoms with Gasteiger partial charge in [-0.3, -0.25) is 0 Å². The fourth-order valence-electron chi connectivity index (χ4n) is 2.49. The van der Waals surface area contributed by atoms with Crippen molar-refractivity contribution >= 4 is 5.97 Å². The third-order valence-electron chi connectivity index (χ3n) is 3.70. The lowest BCUT2D eigenvalue weighted by atomic mass is 9.97. The molecule has 6 heteroatoms. The van der Waals surface area contributed by atoms with E-state index in [1.165, 1.54) is 0 Å². The molecule has 112 valence electrons. The molecule has 0 spiro atoms. The predicted octanol–water partition coefficient (Wildman–Crippen LogP) is 2.33. The molecule has 1 aromatic heterocycles. The molecule has 0 unspecified atom stereocenters. The van der Waals surface area contributed by atoms with Gasteiger partial charge in [0.1, 0.15) is 5.69 Å². The molecular formula is C15H20N4O2. The van der Waals surface area contributed by atoms with E-state index < -0.39 is 5.97 Å². The van der Waals surface area contributed by atoms with Crippen LogP contribution in [0.1, 0.15) is 54.4 Å². The summed E-state index contributed by atoms with van der Waals surface area (Å²) in [7, 11) is 0. The molecule has 0 aliphatic rings. The van der Waals surface area contributed by atoms with Crippen molar-refractivity contribution in [1.82, 2.24) is 15.0 Å². The largest absolute Gasteiger partial charge is 0.478 e. The Morgan fingerprint density at radius 3 is 2.38 bits per heavy atom. The number of aromatic nitrogens is 3. The SMILES string of the molecule is CCC(CC)c1c(CN)nnn1-c1ccc(C(=O)O)cc1. The molecule has 0 fully saturated rings. The summed E-state index contributed by atoms with van der Waals surface area (Å²) < 4.78 is 1.77. The van der Waals surface area contributed by atoms with E-state index in [0.717, 1.165) is 29.9 Å². The molecule has 2 aromatic rings. The molecule has 0 amide bonds. The topological polar surface area (TPSA) is 94.0 Å². The third kappa shape index (κ3) is 2.95. The molecule has 3 N–H and O–H groups in total. The standard InChI is InChI=1S/C15H20N4O2/c1-3-10(4-2)14-13(9-16)17-18-19(14)12-7-5-11(6-8-12)15(20)21/h5-8,10H,3-4,9,16H2,1-2H3,(H,20,21). The number of nitrogens with two attached hydrogens (primary N) is 1. The van der Waals surface area contributed by atoms with E-state index in [2.05, 4.69) is 24.2 Å². The van der Waals surface area contributed by atoms with Crippen molar-refractivity contribution in [3.63, 3.8) is 0 Å². The van der Waals surface area contributed by atoms with Crippen molar-refractivity contribution in [2.45, 2.75) is 39.2 Å². The van der Waals surface area contributed by atoms with Gasteiger partial charge in [-0.2, -0.15) is 0 Å². The summed E-state index contributed by atoms with van der Waals surface area (Å²) in [6, 6.07) is 6.62. The normalized spacial score (nSPS) is 11.0. The molecule has 21 heavy (non-hydrogen) atoms. The van der Waals surface area contributed by atoms with Crippen LogP contribution in [0.15, 0.2) is 24.3 Å². The monoisotopic (exact) mass is 288 g/mol. The summed E-state index contributed by atoms with van der Waals surface area (Å²) in [5.74, 6) is -0.610. The molecule has 0 radical (unpaired) electrons. The van der Waals surface area contributed by atoms with E-state index in [9.17, 15) is 4.79 Å². The zero-order valence-electron chi connectivity index (χ0n) is 12.3. The number of hydrogen-bond acceptors (Lipinski definition) is 4. The van der Waals surface area contributed by atoms with Crippen LogP contribution in [0, 0.1) is 0 Å². The number of carbonyl (C=O) groups is 1. The van der Waals surface area contributed by atoms with Crippen molar-refractivity contribution in [3.8, 4) is 5.69 Å². The minimum absolute atomic E-state index is 0.252. The highest BCUT2D eigenvalue weighted by Crippen LogP contribution is 2.27. The highest BCUT2D eigenvalue weighted by molar-refractivity contribution is 5.87. The Hall–Kier alpha value is -2.21. The van der Waals surface area contributed by atoms with Gasteiger partial charge in [0, 0.05) is 12.5 Å². The second-order valence-corrected chi connectivity index (χ2v) is 4.90. The van der Waals surface area contributed by atoms with Crippen molar-refractivity contribution in [2.75, 3.05) is 0 Å². The number of hydrogen-bond donors (Lipinski definition) is 2. The fraction of sp³-hybridized carbons (Fsp3) is 0.400. The number of carboxylic acid groups (broad SMARTS) is 1. The second kappa shape index (κ2) is 6.49. The molecule has 0 saturated carbocycles. The molecule has 0 aliphatic carbocycles. The van der Waals surface area contributed by atoms with E-state index >= 15 is 0 Å². The molecule has 1 heterocycles. The lowest BCUT2D eigenvalue weighted by Crippen LogP contribution is -2.11. The van der Waals surface area contributed by atoms with Crippen molar-refractivity contribution in [2.24, 2.45) is 5.73 Å². The van der Waals surface area contributed by atoms with Crippen LogP contribution in [-0.2, 0) is 6.54 Å². The maximum absolute atomic E-state index is 10.9. The van der Waals surface area contributed by atoms with Crippen LogP contribution in [0.5, 0.6) is 0 Å². The first-order valence-electron chi connectivity index (χ1n) is 7.10. The van der Waals surface area contributed by atoms with Gasteiger partial charge in [-0.15, -0.1) is 5.10 Å². The summed E-state index contributed by atoms with van der Waals surface area (Å²) in [5, 5.41) is 17.3. The maximum Gasteiger partial charge on any atom is 0.335 e. The van der Waals surface area contributed by atoms with Gasteiger partial charge in [0.2, 0.25) is 0 Å². The minimum atomic E-state index is -0.942. The second-order valence-electron chi connectivity index (χ2n) is 4.90. The Kier molecular flexibility index (Phi) is 4.70. The van der Waals surface area contributed by atoms with Crippen LogP contribution in [0.25, 0.3) is 5.69 Å². The van der Waals surface area contributed by atoms with Crippen LogP contribution in [0.3, 0.4) is 0 Å². The zero-order valence-corrected chi connectivity index (χ0v) is 12.3. The quantitative estimate of drug-likeness (QED) is 0.850. The van der Waals surface area contributed by atoms with Gasteiger partial charge in [0.15, 0.2) is 0 Å². The molecule has 0 bridgehead atoms.